The zero-order valence-electron chi connectivity index (χ0n) is 14.3. The second-order valence-corrected chi connectivity index (χ2v) is 7.55. The summed E-state index contributed by atoms with van der Waals surface area (Å²) in [6.07, 6.45) is 2.42. The molecule has 27 heavy (non-hydrogen) atoms. The molecule has 3 rings (SSSR count). The first-order valence-electron chi connectivity index (χ1n) is 8.27. The van der Waals surface area contributed by atoms with Gasteiger partial charge in [0.05, 0.1) is 10.5 Å². The number of rotatable bonds is 6. The highest BCUT2D eigenvalue weighted by Gasteiger charge is 2.40. The predicted octanol–water partition coefficient (Wildman–Crippen LogP) is 4.54. The van der Waals surface area contributed by atoms with Crippen molar-refractivity contribution >= 4 is 46.3 Å². The topological polar surface area (TPSA) is 70.8 Å². The third kappa shape index (κ3) is 3.96. The van der Waals surface area contributed by atoms with Crippen molar-refractivity contribution in [2.75, 3.05) is 0 Å². The van der Waals surface area contributed by atoms with Crippen molar-refractivity contribution in [2.24, 2.45) is 0 Å². The summed E-state index contributed by atoms with van der Waals surface area (Å²) < 4.78 is 19.7. The lowest BCUT2D eigenvalue weighted by atomic mass is 10.1. The summed E-state index contributed by atoms with van der Waals surface area (Å²) in [6.45, 7) is 1.84. The minimum absolute atomic E-state index is 0.202. The number of thiocarbonyl (C=S) groups is 1. The molecule has 1 aromatic carbocycles. The zero-order chi connectivity index (χ0) is 19.6. The number of nitrogens with zero attached hydrogens (tertiary/aromatic N) is 1. The first-order valence-corrected chi connectivity index (χ1v) is 9.49. The Labute approximate surface area is 164 Å². The van der Waals surface area contributed by atoms with E-state index in [9.17, 15) is 19.1 Å². The van der Waals surface area contributed by atoms with Gasteiger partial charge in [-0.25, -0.2) is 9.18 Å². The van der Waals surface area contributed by atoms with Crippen molar-refractivity contribution in [1.29, 1.82) is 0 Å². The number of benzene rings is 1. The quantitative estimate of drug-likeness (QED) is 0.562. The summed E-state index contributed by atoms with van der Waals surface area (Å²) in [5, 5.41) is 9.40. The first-order chi connectivity index (χ1) is 12.9. The van der Waals surface area contributed by atoms with Gasteiger partial charge in [0.15, 0.2) is 0 Å². The molecular weight excluding hydrogens is 389 g/mol. The van der Waals surface area contributed by atoms with Crippen LogP contribution in [0.15, 0.2) is 45.7 Å². The molecule has 2 aromatic rings. The highest BCUT2D eigenvalue weighted by Crippen LogP contribution is 2.35. The van der Waals surface area contributed by atoms with Crippen LogP contribution in [0, 0.1) is 5.82 Å². The summed E-state index contributed by atoms with van der Waals surface area (Å²) >= 11 is 6.23. The van der Waals surface area contributed by atoms with Gasteiger partial charge < -0.3 is 9.52 Å². The molecular formula is C19H16FNO4S2. The van der Waals surface area contributed by atoms with Gasteiger partial charge in [-0.3, -0.25) is 9.69 Å². The van der Waals surface area contributed by atoms with Gasteiger partial charge in [0, 0.05) is 6.08 Å². The van der Waals surface area contributed by atoms with E-state index in [2.05, 4.69) is 0 Å². The van der Waals surface area contributed by atoms with Crippen molar-refractivity contribution < 1.29 is 23.5 Å². The Bertz CT molecular complexity index is 937. The maximum absolute atomic E-state index is 13.9. The zero-order valence-corrected chi connectivity index (χ0v) is 16.0. The van der Waals surface area contributed by atoms with E-state index >= 15 is 0 Å². The largest absolute Gasteiger partial charge is 0.480 e. The van der Waals surface area contributed by atoms with Crippen LogP contribution in [0.5, 0.6) is 0 Å². The fraction of sp³-hybridized carbons (Fsp3) is 0.211. The van der Waals surface area contributed by atoms with E-state index in [0.717, 1.165) is 16.7 Å². The molecule has 1 saturated heterocycles. The molecule has 1 N–H and O–H groups in total. The molecule has 1 fully saturated rings. The van der Waals surface area contributed by atoms with Crippen molar-refractivity contribution in [2.45, 2.75) is 25.8 Å². The van der Waals surface area contributed by atoms with Crippen LogP contribution in [0.3, 0.4) is 0 Å². The Morgan fingerprint density at radius 3 is 2.78 bits per heavy atom. The number of hydrogen-bond acceptors (Lipinski definition) is 5. The molecule has 0 aliphatic carbocycles. The monoisotopic (exact) mass is 405 g/mol. The van der Waals surface area contributed by atoms with Gasteiger partial charge in [-0.05, 0) is 30.7 Å². The van der Waals surface area contributed by atoms with Gasteiger partial charge >= 0.3 is 5.97 Å². The Morgan fingerprint density at radius 2 is 2.11 bits per heavy atom. The van der Waals surface area contributed by atoms with Crippen LogP contribution in [0.2, 0.25) is 0 Å². The van der Waals surface area contributed by atoms with Crippen LogP contribution in [-0.2, 0) is 9.59 Å². The van der Waals surface area contributed by atoms with Crippen molar-refractivity contribution in [3.05, 3.63) is 52.9 Å². The second kappa shape index (κ2) is 8.06. The third-order valence-electron chi connectivity index (χ3n) is 4.02. The van der Waals surface area contributed by atoms with Gasteiger partial charge in [0.2, 0.25) is 0 Å². The van der Waals surface area contributed by atoms with Gasteiger partial charge in [-0.2, -0.15) is 0 Å². The van der Waals surface area contributed by atoms with Crippen LogP contribution in [-0.4, -0.2) is 32.2 Å². The van der Waals surface area contributed by atoms with E-state index in [1.54, 1.807) is 30.3 Å². The number of carboxylic acid groups (broad SMARTS) is 1. The number of hydrogen-bond donors (Lipinski definition) is 1. The molecule has 1 aromatic heterocycles. The number of halogens is 1. The SMILES string of the molecule is CCCC(C(=O)O)N1C(=O)C(=Cc2ccc(-c3ccccc3F)o2)SC1=S. The van der Waals surface area contributed by atoms with Crippen LogP contribution >= 0.6 is 24.0 Å². The molecule has 0 radical (unpaired) electrons. The Balaban J connectivity index is 1.86. The molecule has 8 heteroatoms. The van der Waals surface area contributed by atoms with E-state index in [1.165, 1.54) is 12.1 Å². The van der Waals surface area contributed by atoms with Crippen molar-refractivity contribution in [1.82, 2.24) is 4.90 Å². The molecule has 0 spiro atoms. The molecule has 0 saturated carbocycles. The average molecular weight is 405 g/mol. The predicted molar refractivity (Wildman–Crippen MR) is 105 cm³/mol. The number of furan rings is 1. The highest BCUT2D eigenvalue weighted by molar-refractivity contribution is 8.26. The minimum atomic E-state index is -1.09. The van der Waals surface area contributed by atoms with E-state index < -0.39 is 23.7 Å². The average Bonchev–Trinajstić information content (AvgIpc) is 3.19. The number of amides is 1. The van der Waals surface area contributed by atoms with Gasteiger partial charge in [0.1, 0.15) is 27.7 Å². The maximum atomic E-state index is 13.9. The number of carboxylic acids is 1. The normalized spacial score (nSPS) is 17.0. The molecule has 1 amide bonds. The summed E-state index contributed by atoms with van der Waals surface area (Å²) in [6, 6.07) is 8.47. The molecule has 0 bridgehead atoms. The summed E-state index contributed by atoms with van der Waals surface area (Å²) in [4.78, 5) is 25.6. The molecule has 1 aliphatic heterocycles. The summed E-state index contributed by atoms with van der Waals surface area (Å²) in [5.41, 5.74) is 0.318. The number of thioether (sulfide) groups is 1. The van der Waals surface area contributed by atoms with Crippen molar-refractivity contribution in [3.63, 3.8) is 0 Å². The van der Waals surface area contributed by atoms with Crippen LogP contribution in [0.1, 0.15) is 25.5 Å². The Morgan fingerprint density at radius 1 is 1.37 bits per heavy atom. The molecule has 5 nitrogen and oxygen atoms in total. The Kier molecular flexibility index (Phi) is 5.76. The number of carbonyl (C=O) groups excluding carboxylic acids is 1. The number of aliphatic carboxylic acids is 1. The second-order valence-electron chi connectivity index (χ2n) is 5.88. The van der Waals surface area contributed by atoms with Gasteiger partial charge in [-0.1, -0.05) is 49.5 Å². The van der Waals surface area contributed by atoms with Gasteiger partial charge in [0.25, 0.3) is 5.91 Å². The van der Waals surface area contributed by atoms with Gasteiger partial charge in [-0.15, -0.1) is 0 Å². The molecule has 2 heterocycles. The fourth-order valence-electron chi connectivity index (χ4n) is 2.75. The molecule has 1 aliphatic rings. The lowest BCUT2D eigenvalue weighted by Gasteiger charge is -2.22. The first kappa shape index (κ1) is 19.3. The van der Waals surface area contributed by atoms with E-state index in [4.69, 9.17) is 16.6 Å². The molecule has 1 atom stereocenters. The van der Waals surface area contributed by atoms with Crippen molar-refractivity contribution in [3.8, 4) is 11.3 Å². The van der Waals surface area contributed by atoms with E-state index in [0.29, 0.717) is 29.9 Å². The van der Waals surface area contributed by atoms with Crippen LogP contribution < -0.4 is 0 Å². The fourth-order valence-corrected chi connectivity index (χ4v) is 4.09. The summed E-state index contributed by atoms with van der Waals surface area (Å²) in [7, 11) is 0. The highest BCUT2D eigenvalue weighted by atomic mass is 32.2. The maximum Gasteiger partial charge on any atom is 0.326 e. The standard InChI is InChI=1S/C19H16FNO4S2/c1-2-5-14(18(23)24)21-17(22)16(27-19(21)26)10-11-8-9-15(25-11)12-6-3-4-7-13(12)20/h3-4,6-10,14H,2,5H2,1H3,(H,23,24). The van der Waals surface area contributed by atoms with E-state index in [-0.39, 0.29) is 9.23 Å². The number of carbonyl (C=O) groups is 2. The Hall–Kier alpha value is -2.45. The lowest BCUT2D eigenvalue weighted by molar-refractivity contribution is -0.145. The third-order valence-corrected chi connectivity index (χ3v) is 5.35. The summed E-state index contributed by atoms with van der Waals surface area (Å²) in [5.74, 6) is -1.27. The minimum Gasteiger partial charge on any atom is -0.480 e. The van der Waals surface area contributed by atoms with Crippen LogP contribution in [0.4, 0.5) is 4.39 Å². The molecule has 1 unspecified atom stereocenters. The molecule has 140 valence electrons. The smallest absolute Gasteiger partial charge is 0.326 e. The lowest BCUT2D eigenvalue weighted by Crippen LogP contribution is -2.43. The van der Waals surface area contributed by atoms with Crippen LogP contribution in [0.25, 0.3) is 17.4 Å². The van der Waals surface area contributed by atoms with E-state index in [1.807, 2.05) is 6.92 Å².